The Balaban J connectivity index is 1.74. The Bertz CT molecular complexity index is 1240. The highest BCUT2D eigenvalue weighted by Crippen LogP contribution is 2.29. The van der Waals surface area contributed by atoms with Crippen LogP contribution in [0, 0.1) is 0 Å². The molecule has 0 saturated heterocycles. The van der Waals surface area contributed by atoms with Crippen molar-refractivity contribution in [1.82, 2.24) is 9.55 Å². The van der Waals surface area contributed by atoms with Gasteiger partial charge in [-0.1, -0.05) is 69.3 Å². The number of hydrogen-bond acceptors (Lipinski definition) is 3. The Kier molecular flexibility index (Phi) is 5.88. The fraction of sp³-hybridized carbons (Fsp3) is 0.286. The topological polar surface area (TPSA) is 44.1 Å². The SMILES string of the molecule is CC(C)OC(=O)c1cccc(Cn2c(-c3ccc(C(C)(C)C)cc3)nc3ccccc32)c1. The minimum absolute atomic E-state index is 0.101. The lowest BCUT2D eigenvalue weighted by Crippen LogP contribution is -2.12. The summed E-state index contributed by atoms with van der Waals surface area (Å²) in [4.78, 5) is 17.3. The summed E-state index contributed by atoms with van der Waals surface area (Å²) in [5, 5.41) is 0. The zero-order valence-corrected chi connectivity index (χ0v) is 19.4. The number of fused-ring (bicyclic) bond motifs is 1. The van der Waals surface area contributed by atoms with Crippen LogP contribution in [-0.4, -0.2) is 21.6 Å². The third-order valence-corrected chi connectivity index (χ3v) is 5.51. The van der Waals surface area contributed by atoms with Gasteiger partial charge in [-0.25, -0.2) is 9.78 Å². The van der Waals surface area contributed by atoms with E-state index in [1.54, 1.807) is 6.07 Å². The molecule has 0 spiro atoms. The van der Waals surface area contributed by atoms with Gasteiger partial charge in [0.25, 0.3) is 0 Å². The molecular formula is C28H30N2O2. The molecule has 3 aromatic carbocycles. The molecule has 0 radical (unpaired) electrons. The first-order valence-electron chi connectivity index (χ1n) is 11.1. The van der Waals surface area contributed by atoms with Crippen LogP contribution in [0.25, 0.3) is 22.4 Å². The highest BCUT2D eigenvalue weighted by molar-refractivity contribution is 5.89. The van der Waals surface area contributed by atoms with Crippen LogP contribution in [0.3, 0.4) is 0 Å². The second-order valence-corrected chi connectivity index (χ2v) is 9.49. The van der Waals surface area contributed by atoms with E-state index in [2.05, 4.69) is 55.7 Å². The van der Waals surface area contributed by atoms with Crippen LogP contribution >= 0.6 is 0 Å². The van der Waals surface area contributed by atoms with Crippen LogP contribution in [0.4, 0.5) is 0 Å². The second-order valence-electron chi connectivity index (χ2n) is 9.49. The van der Waals surface area contributed by atoms with E-state index >= 15 is 0 Å². The molecule has 0 atom stereocenters. The van der Waals surface area contributed by atoms with Gasteiger partial charge in [0.05, 0.1) is 22.7 Å². The van der Waals surface area contributed by atoms with Crippen molar-refractivity contribution in [3.05, 3.63) is 89.5 Å². The predicted molar refractivity (Wildman–Crippen MR) is 130 cm³/mol. The number of benzene rings is 3. The van der Waals surface area contributed by atoms with Crippen LogP contribution in [0.15, 0.2) is 72.8 Å². The van der Waals surface area contributed by atoms with Gasteiger partial charge in [0.2, 0.25) is 0 Å². The van der Waals surface area contributed by atoms with Crippen molar-refractivity contribution in [3.8, 4) is 11.4 Å². The van der Waals surface area contributed by atoms with E-state index in [-0.39, 0.29) is 17.5 Å². The van der Waals surface area contributed by atoms with Gasteiger partial charge in [0.1, 0.15) is 5.82 Å². The normalized spacial score (nSPS) is 11.8. The van der Waals surface area contributed by atoms with E-state index in [0.29, 0.717) is 12.1 Å². The Morgan fingerprint density at radius 2 is 1.69 bits per heavy atom. The molecule has 0 aliphatic heterocycles. The minimum atomic E-state index is -0.296. The zero-order valence-electron chi connectivity index (χ0n) is 19.4. The van der Waals surface area contributed by atoms with Crippen molar-refractivity contribution in [2.24, 2.45) is 0 Å². The highest BCUT2D eigenvalue weighted by atomic mass is 16.5. The quantitative estimate of drug-likeness (QED) is 0.337. The minimum Gasteiger partial charge on any atom is -0.459 e. The van der Waals surface area contributed by atoms with Crippen molar-refractivity contribution in [1.29, 1.82) is 0 Å². The molecule has 1 aromatic heterocycles. The van der Waals surface area contributed by atoms with Crippen LogP contribution in [0.5, 0.6) is 0 Å². The van der Waals surface area contributed by atoms with Crippen molar-refractivity contribution < 1.29 is 9.53 Å². The van der Waals surface area contributed by atoms with Gasteiger partial charge in [0.15, 0.2) is 0 Å². The Morgan fingerprint density at radius 1 is 0.969 bits per heavy atom. The van der Waals surface area contributed by atoms with Gasteiger partial charge in [-0.3, -0.25) is 0 Å². The number of hydrogen-bond donors (Lipinski definition) is 0. The molecule has 32 heavy (non-hydrogen) atoms. The molecule has 4 aromatic rings. The van der Waals surface area contributed by atoms with E-state index in [1.165, 1.54) is 5.56 Å². The lowest BCUT2D eigenvalue weighted by atomic mass is 9.87. The molecule has 0 fully saturated rings. The summed E-state index contributed by atoms with van der Waals surface area (Å²) in [6.07, 6.45) is -0.147. The number of carbonyl (C=O) groups is 1. The summed E-state index contributed by atoms with van der Waals surface area (Å²) in [6, 6.07) is 24.5. The zero-order chi connectivity index (χ0) is 22.9. The molecule has 4 rings (SSSR count). The maximum absolute atomic E-state index is 12.4. The van der Waals surface area contributed by atoms with Gasteiger partial charge in [-0.15, -0.1) is 0 Å². The molecule has 164 valence electrons. The van der Waals surface area contributed by atoms with Crippen molar-refractivity contribution in [2.45, 2.75) is 52.7 Å². The van der Waals surface area contributed by atoms with E-state index in [4.69, 9.17) is 9.72 Å². The largest absolute Gasteiger partial charge is 0.459 e. The molecule has 1 heterocycles. The fourth-order valence-electron chi connectivity index (χ4n) is 3.84. The van der Waals surface area contributed by atoms with Crippen molar-refractivity contribution in [3.63, 3.8) is 0 Å². The number of rotatable bonds is 5. The van der Waals surface area contributed by atoms with Gasteiger partial charge >= 0.3 is 5.97 Å². The molecule has 0 unspecified atom stereocenters. The Hall–Kier alpha value is -3.40. The number of para-hydroxylation sites is 2. The number of esters is 1. The van der Waals surface area contributed by atoms with Gasteiger partial charge in [0, 0.05) is 12.1 Å². The third kappa shape index (κ3) is 4.59. The Labute approximate surface area is 189 Å². The predicted octanol–water partition coefficient (Wildman–Crippen LogP) is 6.61. The molecule has 0 N–H and O–H groups in total. The average Bonchev–Trinajstić information content (AvgIpc) is 3.11. The smallest absolute Gasteiger partial charge is 0.338 e. The summed E-state index contributed by atoms with van der Waals surface area (Å²) < 4.78 is 7.59. The summed E-state index contributed by atoms with van der Waals surface area (Å²) >= 11 is 0. The van der Waals surface area contributed by atoms with E-state index < -0.39 is 0 Å². The Morgan fingerprint density at radius 3 is 2.38 bits per heavy atom. The number of carbonyl (C=O) groups excluding carboxylic acids is 1. The van der Waals surface area contributed by atoms with Crippen molar-refractivity contribution in [2.75, 3.05) is 0 Å². The first-order valence-corrected chi connectivity index (χ1v) is 11.1. The van der Waals surface area contributed by atoms with E-state index in [1.807, 2.05) is 50.2 Å². The van der Waals surface area contributed by atoms with Crippen LogP contribution < -0.4 is 0 Å². The molecule has 0 bridgehead atoms. The lowest BCUT2D eigenvalue weighted by Gasteiger charge is -2.19. The molecule has 4 nitrogen and oxygen atoms in total. The summed E-state index contributed by atoms with van der Waals surface area (Å²) in [5.74, 6) is 0.622. The maximum Gasteiger partial charge on any atom is 0.338 e. The maximum atomic E-state index is 12.4. The third-order valence-electron chi connectivity index (χ3n) is 5.51. The number of imidazole rings is 1. The van der Waals surface area contributed by atoms with Crippen molar-refractivity contribution >= 4 is 17.0 Å². The molecular weight excluding hydrogens is 396 g/mol. The standard InChI is InChI=1S/C28H30N2O2/c1-19(2)32-27(31)22-10-8-9-20(17-22)18-30-25-12-7-6-11-24(25)29-26(30)21-13-15-23(16-14-21)28(3,4)5/h6-17,19H,18H2,1-5H3. The molecule has 0 saturated carbocycles. The van der Waals surface area contributed by atoms with E-state index in [9.17, 15) is 4.79 Å². The highest BCUT2D eigenvalue weighted by Gasteiger charge is 2.17. The van der Waals surface area contributed by atoms with Crippen LogP contribution in [0.2, 0.25) is 0 Å². The first-order chi connectivity index (χ1) is 15.2. The van der Waals surface area contributed by atoms with E-state index in [0.717, 1.165) is 28.0 Å². The summed E-state index contributed by atoms with van der Waals surface area (Å²) in [5.41, 5.74) is 6.08. The van der Waals surface area contributed by atoms with Gasteiger partial charge in [-0.05, 0) is 54.7 Å². The number of aromatic nitrogens is 2. The van der Waals surface area contributed by atoms with Gasteiger partial charge in [-0.2, -0.15) is 0 Å². The molecule has 0 aliphatic carbocycles. The number of nitrogens with zero attached hydrogens (tertiary/aromatic N) is 2. The fourth-order valence-corrected chi connectivity index (χ4v) is 3.84. The molecule has 4 heteroatoms. The average molecular weight is 427 g/mol. The van der Waals surface area contributed by atoms with Gasteiger partial charge < -0.3 is 9.30 Å². The summed E-state index contributed by atoms with van der Waals surface area (Å²) in [7, 11) is 0. The second kappa shape index (κ2) is 8.62. The molecule has 0 aliphatic rings. The lowest BCUT2D eigenvalue weighted by molar-refractivity contribution is 0.0378. The van der Waals surface area contributed by atoms with Crippen LogP contribution in [0.1, 0.15) is 56.1 Å². The first kappa shape index (κ1) is 21.8. The number of ether oxygens (including phenoxy) is 1. The summed E-state index contributed by atoms with van der Waals surface area (Å²) in [6.45, 7) is 11.0. The molecule has 0 amide bonds. The monoisotopic (exact) mass is 426 g/mol. The van der Waals surface area contributed by atoms with Crippen LogP contribution in [-0.2, 0) is 16.7 Å².